The van der Waals surface area contributed by atoms with E-state index in [4.69, 9.17) is 9.53 Å². The van der Waals surface area contributed by atoms with E-state index < -0.39 is 15.0 Å². The van der Waals surface area contributed by atoms with Crippen molar-refractivity contribution in [3.8, 4) is 0 Å². The predicted molar refractivity (Wildman–Crippen MR) is 48.8 cm³/mol. The van der Waals surface area contributed by atoms with Gasteiger partial charge >= 0.3 is 5.97 Å². The van der Waals surface area contributed by atoms with Gasteiger partial charge in [0.1, 0.15) is 0 Å². The highest BCUT2D eigenvalue weighted by atomic mass is 28.3. The zero-order valence-electron chi connectivity index (χ0n) is 7.45. The number of rotatable bonds is 3. The van der Waals surface area contributed by atoms with Crippen LogP contribution in [0.25, 0.3) is 0 Å². The Hall–Kier alpha value is -0.353. The lowest BCUT2D eigenvalue weighted by Crippen LogP contribution is -2.32. The molecule has 1 heterocycles. The predicted octanol–water partition coefficient (Wildman–Crippen LogP) is 1.39. The molecule has 2 atom stereocenters. The quantitative estimate of drug-likeness (QED) is 0.681. The summed E-state index contributed by atoms with van der Waals surface area (Å²) in [6, 6.07) is 1.05. The summed E-state index contributed by atoms with van der Waals surface area (Å²) in [6.07, 6.45) is 3.01. The maximum atomic E-state index is 10.8. The lowest BCUT2D eigenvalue weighted by molar-refractivity contribution is -0.137. The molecule has 3 nitrogen and oxygen atoms in total. The van der Waals surface area contributed by atoms with Gasteiger partial charge in [-0.1, -0.05) is 13.3 Å². The van der Waals surface area contributed by atoms with Crippen LogP contribution in [-0.2, 0) is 9.22 Å². The van der Waals surface area contributed by atoms with Crippen molar-refractivity contribution in [3.05, 3.63) is 0 Å². The van der Waals surface area contributed by atoms with E-state index >= 15 is 0 Å². The molecule has 0 aromatic heterocycles. The molecule has 0 aliphatic carbocycles. The maximum absolute atomic E-state index is 10.8. The highest BCUT2D eigenvalue weighted by Crippen LogP contribution is 2.24. The molecule has 0 radical (unpaired) electrons. The minimum absolute atomic E-state index is 0.162. The molecule has 1 N–H and O–H groups in total. The van der Waals surface area contributed by atoms with Gasteiger partial charge in [-0.15, -0.1) is 0 Å². The molecule has 1 rings (SSSR count). The highest BCUT2D eigenvalue weighted by Gasteiger charge is 2.30. The van der Waals surface area contributed by atoms with Crippen LogP contribution in [0.3, 0.4) is 0 Å². The van der Waals surface area contributed by atoms with E-state index in [1.807, 2.05) is 6.92 Å². The molecule has 0 amide bonds. The normalized spacial score (nSPS) is 26.6. The molecular weight excluding hydrogens is 172 g/mol. The SMILES string of the molecule is CCC(C(=O)O)[SiH]1CCCCO1. The smallest absolute Gasteiger partial charge is 0.305 e. The van der Waals surface area contributed by atoms with E-state index in [9.17, 15) is 4.79 Å². The second-order valence-electron chi connectivity index (χ2n) is 3.26. The minimum atomic E-state index is -1.40. The van der Waals surface area contributed by atoms with Crippen LogP contribution in [0, 0.1) is 0 Å². The first-order valence-corrected chi connectivity index (χ1v) is 6.55. The number of carbonyl (C=O) groups is 1. The summed E-state index contributed by atoms with van der Waals surface area (Å²) in [5.41, 5.74) is -0.162. The first-order chi connectivity index (χ1) is 5.75. The van der Waals surface area contributed by atoms with Crippen molar-refractivity contribution in [1.82, 2.24) is 0 Å². The summed E-state index contributed by atoms with van der Waals surface area (Å²) in [4.78, 5) is 10.8. The number of aliphatic carboxylic acids is 1. The van der Waals surface area contributed by atoms with Crippen LogP contribution >= 0.6 is 0 Å². The Balaban J connectivity index is 2.46. The van der Waals surface area contributed by atoms with Crippen LogP contribution in [0.2, 0.25) is 11.6 Å². The topological polar surface area (TPSA) is 46.5 Å². The van der Waals surface area contributed by atoms with Gasteiger partial charge in [-0.05, 0) is 18.9 Å². The van der Waals surface area contributed by atoms with Crippen molar-refractivity contribution in [1.29, 1.82) is 0 Å². The van der Waals surface area contributed by atoms with Gasteiger partial charge in [0.25, 0.3) is 0 Å². The minimum Gasteiger partial charge on any atom is -0.481 e. The van der Waals surface area contributed by atoms with Gasteiger partial charge in [0.05, 0.1) is 5.54 Å². The summed E-state index contributed by atoms with van der Waals surface area (Å²) < 4.78 is 5.55. The van der Waals surface area contributed by atoms with Gasteiger partial charge in [0, 0.05) is 6.61 Å². The fourth-order valence-corrected chi connectivity index (χ4v) is 4.49. The van der Waals surface area contributed by atoms with E-state index in [0.29, 0.717) is 0 Å². The molecule has 0 aromatic carbocycles. The van der Waals surface area contributed by atoms with Crippen LogP contribution in [0.15, 0.2) is 0 Å². The molecule has 0 bridgehead atoms. The second kappa shape index (κ2) is 4.62. The first-order valence-electron chi connectivity index (χ1n) is 4.60. The highest BCUT2D eigenvalue weighted by molar-refractivity contribution is 6.58. The summed E-state index contributed by atoms with van der Waals surface area (Å²) >= 11 is 0. The van der Waals surface area contributed by atoms with Crippen molar-refractivity contribution in [2.45, 2.75) is 37.8 Å². The summed E-state index contributed by atoms with van der Waals surface area (Å²) in [6.45, 7) is 2.73. The number of carboxylic acid groups (broad SMARTS) is 1. The number of carboxylic acids is 1. The van der Waals surface area contributed by atoms with E-state index in [1.54, 1.807) is 0 Å². The van der Waals surface area contributed by atoms with E-state index in [2.05, 4.69) is 0 Å². The molecule has 2 unspecified atom stereocenters. The molecule has 0 saturated carbocycles. The van der Waals surface area contributed by atoms with Crippen molar-refractivity contribution >= 4 is 15.0 Å². The van der Waals surface area contributed by atoms with Crippen molar-refractivity contribution < 1.29 is 14.3 Å². The zero-order valence-corrected chi connectivity index (χ0v) is 8.61. The van der Waals surface area contributed by atoms with Gasteiger partial charge in [-0.2, -0.15) is 0 Å². The Labute approximate surface area is 74.5 Å². The van der Waals surface area contributed by atoms with Crippen LogP contribution in [-0.4, -0.2) is 26.7 Å². The zero-order chi connectivity index (χ0) is 8.97. The Bertz CT molecular complexity index is 154. The van der Waals surface area contributed by atoms with Gasteiger partial charge in [-0.3, -0.25) is 4.79 Å². The largest absolute Gasteiger partial charge is 0.481 e. The fraction of sp³-hybridized carbons (Fsp3) is 0.875. The summed E-state index contributed by atoms with van der Waals surface area (Å²) in [5.74, 6) is -0.656. The molecule has 12 heavy (non-hydrogen) atoms. The molecule has 1 aliphatic heterocycles. The maximum Gasteiger partial charge on any atom is 0.305 e. The van der Waals surface area contributed by atoms with E-state index in [1.165, 1.54) is 6.42 Å². The Morgan fingerprint density at radius 1 is 1.67 bits per heavy atom. The third-order valence-electron chi connectivity index (χ3n) is 2.42. The third kappa shape index (κ3) is 2.32. The van der Waals surface area contributed by atoms with Gasteiger partial charge in [-0.25, -0.2) is 0 Å². The Morgan fingerprint density at radius 3 is 2.83 bits per heavy atom. The third-order valence-corrected chi connectivity index (χ3v) is 5.72. The van der Waals surface area contributed by atoms with Crippen molar-refractivity contribution in [2.24, 2.45) is 0 Å². The van der Waals surface area contributed by atoms with Crippen molar-refractivity contribution in [2.75, 3.05) is 6.61 Å². The first kappa shape index (κ1) is 9.73. The molecule has 0 spiro atoms. The number of hydrogen-bond acceptors (Lipinski definition) is 2. The van der Waals surface area contributed by atoms with Gasteiger partial charge in [0.2, 0.25) is 0 Å². The molecular formula is C8H16O3Si. The average molecular weight is 188 g/mol. The molecule has 0 aromatic rings. The van der Waals surface area contributed by atoms with E-state index in [0.717, 1.165) is 25.5 Å². The monoisotopic (exact) mass is 188 g/mol. The van der Waals surface area contributed by atoms with Crippen LogP contribution < -0.4 is 0 Å². The average Bonchev–Trinajstić information content (AvgIpc) is 2.07. The molecule has 1 saturated heterocycles. The van der Waals surface area contributed by atoms with Gasteiger partial charge in [0.15, 0.2) is 9.04 Å². The lowest BCUT2D eigenvalue weighted by atomic mass is 10.3. The summed E-state index contributed by atoms with van der Waals surface area (Å²) in [7, 11) is -1.40. The second-order valence-corrected chi connectivity index (χ2v) is 6.05. The lowest BCUT2D eigenvalue weighted by Gasteiger charge is -2.25. The number of hydrogen-bond donors (Lipinski definition) is 1. The Kier molecular flexibility index (Phi) is 3.75. The summed E-state index contributed by atoms with van der Waals surface area (Å²) in [5, 5.41) is 8.88. The molecule has 4 heteroatoms. The van der Waals surface area contributed by atoms with E-state index in [-0.39, 0.29) is 5.54 Å². The Morgan fingerprint density at radius 2 is 2.42 bits per heavy atom. The van der Waals surface area contributed by atoms with Crippen LogP contribution in [0.4, 0.5) is 0 Å². The van der Waals surface area contributed by atoms with Crippen LogP contribution in [0.1, 0.15) is 26.2 Å². The molecule has 1 fully saturated rings. The van der Waals surface area contributed by atoms with Gasteiger partial charge < -0.3 is 9.53 Å². The van der Waals surface area contributed by atoms with Crippen molar-refractivity contribution in [3.63, 3.8) is 0 Å². The molecule has 1 aliphatic rings. The molecule has 70 valence electrons. The standard InChI is InChI=1S/C8H16O3Si/c1-2-7(8(9)10)12-6-4-3-5-11-12/h7,12H,2-6H2,1H3,(H,9,10). The fourth-order valence-electron chi connectivity index (χ4n) is 1.68. The van der Waals surface area contributed by atoms with Crippen LogP contribution in [0.5, 0.6) is 0 Å².